The van der Waals surface area contributed by atoms with E-state index < -0.39 is 96.0 Å². The highest BCUT2D eigenvalue weighted by atomic mass is 16.6. The quantitative estimate of drug-likeness (QED) is 0.0275. The van der Waals surface area contributed by atoms with Gasteiger partial charge in [-0.2, -0.15) is 0 Å². The molecule has 41 heteroatoms. The molecular formula is C86H142N4O37. The number of carboxylic acid groups (broad SMARTS) is 1. The number of carbonyl (C=O) groups excluding carboxylic acids is 6. The molecular weight excluding hydrogens is 1680 g/mol. The van der Waals surface area contributed by atoms with Gasteiger partial charge < -0.3 is 160 Å². The maximum absolute atomic E-state index is 14.6. The van der Waals surface area contributed by atoms with Crippen LogP contribution in [0.25, 0.3) is 0 Å². The van der Waals surface area contributed by atoms with Crippen LogP contribution in [0.1, 0.15) is 63.6 Å². The highest BCUT2D eigenvalue weighted by Gasteiger charge is 2.47. The Kier molecular flexibility index (Phi) is 66.3. The minimum atomic E-state index is -1.89. The molecule has 0 aromatic heterocycles. The van der Waals surface area contributed by atoms with Crippen LogP contribution >= 0.6 is 0 Å². The summed E-state index contributed by atoms with van der Waals surface area (Å²) in [7, 11) is 3.26. The van der Waals surface area contributed by atoms with Crippen LogP contribution in [0.3, 0.4) is 0 Å². The van der Waals surface area contributed by atoms with Gasteiger partial charge in [0.15, 0.2) is 17.6 Å². The van der Waals surface area contributed by atoms with Gasteiger partial charge in [0.05, 0.1) is 270 Å². The number of ether oxygens (including phenoxy) is 26. The normalized spacial score (nSPS) is 16.5. The Bertz CT molecular complexity index is 3200. The molecule has 2 heterocycles. The number of amides is 5. The minimum absolute atomic E-state index is 0.0365. The van der Waals surface area contributed by atoms with Crippen LogP contribution in [0.2, 0.25) is 0 Å². The average Bonchev–Trinajstić information content (AvgIpc) is 1.80. The van der Waals surface area contributed by atoms with Crippen LogP contribution in [-0.4, -0.2) is 420 Å². The molecule has 0 spiro atoms. The van der Waals surface area contributed by atoms with E-state index >= 15 is 0 Å². The summed E-state index contributed by atoms with van der Waals surface area (Å²) in [5.74, 6) is -6.09. The monoisotopic (exact) mass is 1820 g/mol. The second kappa shape index (κ2) is 74.8. The van der Waals surface area contributed by atoms with Crippen LogP contribution in [-0.2, 0) is 167 Å². The third-order valence-corrected chi connectivity index (χ3v) is 18.4. The van der Waals surface area contributed by atoms with Crippen LogP contribution in [0, 0.1) is 5.92 Å². The maximum atomic E-state index is 14.6. The Hall–Kier alpha value is -6.77. The molecule has 2 aromatic carbocycles. The highest BCUT2D eigenvalue weighted by molar-refractivity contribution is 6.15. The summed E-state index contributed by atoms with van der Waals surface area (Å²) in [6.07, 6.45) is -5.08. The Morgan fingerprint density at radius 2 is 0.772 bits per heavy atom. The fraction of sp³-hybridized carbons (Fsp3) is 0.756. The zero-order chi connectivity index (χ0) is 91.8. The summed E-state index contributed by atoms with van der Waals surface area (Å²) in [6.45, 7) is 23.9. The van der Waals surface area contributed by atoms with Crippen molar-refractivity contribution in [3.05, 3.63) is 65.2 Å². The predicted octanol–water partition coefficient (Wildman–Crippen LogP) is 0.900. The first-order chi connectivity index (χ1) is 61.9. The molecule has 8 atom stereocenters. The van der Waals surface area contributed by atoms with Gasteiger partial charge in [-0.3, -0.25) is 33.7 Å². The number of methoxy groups -OCH3 is 2. The molecule has 1 fully saturated rings. The van der Waals surface area contributed by atoms with E-state index in [0.29, 0.717) is 274 Å². The number of benzene rings is 2. The van der Waals surface area contributed by atoms with E-state index in [1.807, 2.05) is 0 Å². The fourth-order valence-corrected chi connectivity index (χ4v) is 11.7. The Morgan fingerprint density at radius 3 is 1.13 bits per heavy atom. The second-order valence-electron chi connectivity index (χ2n) is 28.7. The SMILES string of the molecule is COCCOCCOCCOCCOCCOCCOCCOCCOCCCCOCCOCCOc1ccc(C[C@@H](C(=O)N[C@H](C(=O)N[C@@H](C)C(=O)Nc2ccc(COC(C)=O)c(CC[C@@H]3O[C@H](C(=O)O)[C@@H](O)[C@H](O)[C@H]3O)c2)C(C)C)N2C(=O)C=CC2=O)cc1OCCOCCOCCOCCOCCOCCOCCOCCOCCOCCOCCOC. The molecule has 2 aliphatic heterocycles. The summed E-state index contributed by atoms with van der Waals surface area (Å²) in [6, 6.07) is 5.43. The van der Waals surface area contributed by atoms with Gasteiger partial charge in [0.25, 0.3) is 11.8 Å². The molecule has 41 nitrogen and oxygen atoms in total. The number of aryl methyl sites for hydroxylation is 1. The van der Waals surface area contributed by atoms with Gasteiger partial charge in [0.1, 0.15) is 56.3 Å². The molecule has 1 saturated heterocycles. The first-order valence-corrected chi connectivity index (χ1v) is 43.4. The molecule has 2 aromatic rings. The summed E-state index contributed by atoms with van der Waals surface area (Å²) in [4.78, 5) is 93.9. The number of anilines is 1. The Morgan fingerprint density at radius 1 is 0.409 bits per heavy atom. The fourth-order valence-electron chi connectivity index (χ4n) is 11.7. The number of esters is 1. The van der Waals surface area contributed by atoms with E-state index in [0.717, 1.165) is 29.9 Å². The number of aliphatic hydroxyl groups is 3. The van der Waals surface area contributed by atoms with Gasteiger partial charge in [-0.1, -0.05) is 26.0 Å². The van der Waals surface area contributed by atoms with E-state index in [4.69, 9.17) is 123 Å². The highest BCUT2D eigenvalue weighted by Crippen LogP contribution is 2.31. The average molecular weight is 1820 g/mol. The zero-order valence-electron chi connectivity index (χ0n) is 74.9. The molecule has 728 valence electrons. The van der Waals surface area contributed by atoms with Crippen LogP contribution in [0.15, 0.2) is 48.6 Å². The number of carbonyl (C=O) groups is 7. The first kappa shape index (κ1) is 113. The number of aliphatic carboxylic acids is 1. The zero-order valence-corrected chi connectivity index (χ0v) is 74.9. The smallest absolute Gasteiger partial charge is 0.335 e. The Labute approximate surface area is 744 Å². The molecule has 4 rings (SSSR count). The van der Waals surface area contributed by atoms with Crippen molar-refractivity contribution in [3.8, 4) is 11.5 Å². The molecule has 0 radical (unpaired) electrons. The molecule has 0 saturated carbocycles. The number of nitrogens with zero attached hydrogens (tertiary/aromatic N) is 1. The summed E-state index contributed by atoms with van der Waals surface area (Å²) >= 11 is 0. The molecule has 0 bridgehead atoms. The lowest BCUT2D eigenvalue weighted by molar-refractivity contribution is -0.228. The van der Waals surface area contributed by atoms with Crippen molar-refractivity contribution >= 4 is 47.2 Å². The molecule has 7 N–H and O–H groups in total. The largest absolute Gasteiger partial charge is 0.487 e. The predicted molar refractivity (Wildman–Crippen MR) is 453 cm³/mol. The maximum Gasteiger partial charge on any atom is 0.335 e. The molecule has 5 amide bonds. The third-order valence-electron chi connectivity index (χ3n) is 18.4. The standard InChI is InChI=1S/C86H142N4O37/c1-65(2)78(85(99)87-66(3)83(97)88-71-12-10-70(64-126-67(4)91)69(63-71)11-14-74-79(94)80(95)81(96)82(127-74)86(100)101)89-84(98)72(90-76(92)15-16-77(90)93)61-68-9-13-73(124-59-57-122-26-24-105-18-8-7-17-104-23-25-108-31-32-111-37-38-114-43-44-115-41-39-112-35-33-109-29-27-106-21-19-102-5)75(62-68)125-60-58-123-56-55-121-54-53-120-52-51-119-50-49-118-48-47-117-46-45-116-42-40-113-36-34-110-30-28-107-22-20-103-6/h9-10,12-13,15-16,62-63,65-66,72,74,78-82,94-96H,7-8,11,14,17-61,64H2,1-6H3,(H,87,99)(H,88,97)(H,89,98)(H,100,101)/t66-,72-,74-,78-,79-,80+,81-,82-/m0/s1. The van der Waals surface area contributed by atoms with Crippen molar-refractivity contribution in [2.45, 2.75) is 115 Å². The number of hydrogen-bond donors (Lipinski definition) is 7. The number of unbranched alkanes of at least 4 members (excludes halogenated alkanes) is 1. The lowest BCUT2D eigenvalue weighted by Crippen LogP contribution is -2.59. The lowest BCUT2D eigenvalue weighted by atomic mass is 9.91. The van der Waals surface area contributed by atoms with E-state index in [-0.39, 0.29) is 76.9 Å². The van der Waals surface area contributed by atoms with Crippen LogP contribution in [0.5, 0.6) is 11.5 Å². The van der Waals surface area contributed by atoms with Gasteiger partial charge in [-0.05, 0) is 79.5 Å². The van der Waals surface area contributed by atoms with Gasteiger partial charge in [0.2, 0.25) is 17.7 Å². The number of nitrogens with one attached hydrogen (secondary N) is 3. The van der Waals surface area contributed by atoms with Gasteiger partial charge in [-0.25, -0.2) is 4.79 Å². The number of aliphatic hydroxyl groups excluding tert-OH is 3. The van der Waals surface area contributed by atoms with Crippen molar-refractivity contribution in [1.29, 1.82) is 0 Å². The number of carboxylic acids is 1. The Balaban J connectivity index is 1.20. The van der Waals surface area contributed by atoms with Crippen LogP contribution < -0.4 is 25.4 Å². The second-order valence-corrected chi connectivity index (χ2v) is 28.7. The third kappa shape index (κ3) is 54.0. The van der Waals surface area contributed by atoms with Gasteiger partial charge in [0, 0.05) is 58.6 Å². The van der Waals surface area contributed by atoms with Crippen molar-refractivity contribution in [2.75, 3.05) is 310 Å². The molecule has 0 unspecified atom stereocenters. The van der Waals surface area contributed by atoms with Crippen molar-refractivity contribution in [2.24, 2.45) is 5.92 Å². The lowest BCUT2D eigenvalue weighted by Gasteiger charge is -2.39. The number of rotatable bonds is 86. The van der Waals surface area contributed by atoms with E-state index in [1.54, 1.807) is 58.4 Å². The van der Waals surface area contributed by atoms with E-state index in [9.17, 15) is 54.0 Å². The topological polar surface area (TPSA) is 480 Å². The molecule has 127 heavy (non-hydrogen) atoms. The summed E-state index contributed by atoms with van der Waals surface area (Å²) in [5, 5.41) is 49.0. The van der Waals surface area contributed by atoms with Crippen molar-refractivity contribution in [1.82, 2.24) is 15.5 Å². The number of hydrogen-bond acceptors (Lipinski definition) is 36. The molecule has 2 aliphatic rings. The summed E-state index contributed by atoms with van der Waals surface area (Å²) in [5.41, 5.74) is 1.60. The first-order valence-electron chi connectivity index (χ1n) is 43.4. The molecule has 0 aliphatic carbocycles. The van der Waals surface area contributed by atoms with Crippen molar-refractivity contribution in [3.63, 3.8) is 0 Å². The van der Waals surface area contributed by atoms with Gasteiger partial charge >= 0.3 is 11.9 Å². The number of imide groups is 1. The van der Waals surface area contributed by atoms with Crippen LogP contribution in [0.4, 0.5) is 5.69 Å². The van der Waals surface area contributed by atoms with E-state index in [2.05, 4.69) is 16.0 Å². The van der Waals surface area contributed by atoms with Crippen molar-refractivity contribution < 1.29 is 177 Å². The summed E-state index contributed by atoms with van der Waals surface area (Å²) < 4.78 is 144. The van der Waals surface area contributed by atoms with Gasteiger partial charge in [-0.15, -0.1) is 0 Å². The van der Waals surface area contributed by atoms with E-state index in [1.165, 1.54) is 19.9 Å². The minimum Gasteiger partial charge on any atom is -0.487 e.